The molecule has 2 aromatic carbocycles. The van der Waals surface area contributed by atoms with Crippen LogP contribution in [0.25, 0.3) is 11.1 Å². The molecule has 2 aromatic rings. The highest BCUT2D eigenvalue weighted by atomic mass is 16.5. The van der Waals surface area contributed by atoms with Gasteiger partial charge in [0.05, 0.1) is 5.60 Å². The molecule has 0 fully saturated rings. The molecule has 0 spiro atoms. The Balaban J connectivity index is 2.13. The van der Waals surface area contributed by atoms with E-state index in [1.54, 1.807) is 0 Å². The molecule has 2 rings (SSSR count). The Bertz CT molecular complexity index is 600. The van der Waals surface area contributed by atoms with E-state index in [9.17, 15) is 4.79 Å². The van der Waals surface area contributed by atoms with Gasteiger partial charge < -0.3 is 10.1 Å². The lowest BCUT2D eigenvalue weighted by molar-refractivity contribution is -0.125. The minimum absolute atomic E-state index is 0.0482. The third-order valence-electron chi connectivity index (χ3n) is 2.92. The van der Waals surface area contributed by atoms with E-state index in [4.69, 9.17) is 4.74 Å². The number of ether oxygens (including phenoxy) is 1. The summed E-state index contributed by atoms with van der Waals surface area (Å²) in [4.78, 5) is 12.0. The Morgan fingerprint density at radius 3 is 2.29 bits per heavy atom. The number of nitrogens with one attached hydrogen (secondary N) is 1. The molecule has 0 heterocycles. The molecule has 0 bridgehead atoms. The minimum Gasteiger partial charge on any atom is -0.366 e. The van der Waals surface area contributed by atoms with E-state index < -0.39 is 0 Å². The van der Waals surface area contributed by atoms with Gasteiger partial charge >= 0.3 is 0 Å². The zero-order chi connectivity index (χ0) is 15.3. The van der Waals surface area contributed by atoms with Gasteiger partial charge in [0.15, 0.2) is 0 Å². The Morgan fingerprint density at radius 2 is 1.62 bits per heavy atom. The normalized spacial score (nSPS) is 11.2. The Morgan fingerprint density at radius 1 is 1.00 bits per heavy atom. The summed E-state index contributed by atoms with van der Waals surface area (Å²) in [6.45, 7) is 5.83. The summed E-state index contributed by atoms with van der Waals surface area (Å²) in [5.74, 6) is -0.145. The van der Waals surface area contributed by atoms with Gasteiger partial charge in [0.2, 0.25) is 5.91 Å². The van der Waals surface area contributed by atoms with Crippen molar-refractivity contribution < 1.29 is 9.53 Å². The van der Waals surface area contributed by atoms with Gasteiger partial charge in [-0.3, -0.25) is 4.79 Å². The van der Waals surface area contributed by atoms with Crippen molar-refractivity contribution in [3.05, 3.63) is 54.6 Å². The van der Waals surface area contributed by atoms with Crippen molar-refractivity contribution in [3.8, 4) is 11.1 Å². The van der Waals surface area contributed by atoms with Gasteiger partial charge in [0.25, 0.3) is 0 Å². The number of carbonyl (C=O) groups is 1. The molecule has 0 aliphatic rings. The number of amides is 1. The molecule has 0 aliphatic carbocycles. The monoisotopic (exact) mass is 283 g/mol. The lowest BCUT2D eigenvalue weighted by Crippen LogP contribution is -2.27. The molecule has 110 valence electrons. The van der Waals surface area contributed by atoms with Gasteiger partial charge in [-0.05, 0) is 32.4 Å². The maximum Gasteiger partial charge on any atom is 0.250 e. The van der Waals surface area contributed by atoms with Crippen LogP contribution in [0.2, 0.25) is 0 Å². The maximum absolute atomic E-state index is 12.0. The van der Waals surface area contributed by atoms with Crippen LogP contribution >= 0.6 is 0 Å². The molecule has 0 saturated carbocycles. The summed E-state index contributed by atoms with van der Waals surface area (Å²) < 4.78 is 5.50. The molecule has 0 aliphatic heterocycles. The van der Waals surface area contributed by atoms with Crippen LogP contribution in [0, 0.1) is 0 Å². The van der Waals surface area contributed by atoms with Crippen molar-refractivity contribution in [2.75, 3.05) is 11.9 Å². The molecule has 0 aromatic heterocycles. The summed E-state index contributed by atoms with van der Waals surface area (Å²) >= 11 is 0. The van der Waals surface area contributed by atoms with Crippen LogP contribution in [0.1, 0.15) is 20.8 Å². The first-order valence-electron chi connectivity index (χ1n) is 7.04. The van der Waals surface area contributed by atoms with Crippen LogP contribution in [-0.2, 0) is 9.53 Å². The molecule has 21 heavy (non-hydrogen) atoms. The van der Waals surface area contributed by atoms with Crippen molar-refractivity contribution in [2.24, 2.45) is 0 Å². The molecule has 0 radical (unpaired) electrons. The standard InChI is InChI=1S/C18H21NO2/c1-18(2,3)21-13-17(20)19-16-12-8-7-11-15(16)14-9-5-4-6-10-14/h4-12H,13H2,1-3H3,(H,19,20). The highest BCUT2D eigenvalue weighted by molar-refractivity contribution is 5.96. The fourth-order valence-corrected chi connectivity index (χ4v) is 1.93. The van der Waals surface area contributed by atoms with E-state index in [-0.39, 0.29) is 18.1 Å². The number of hydrogen-bond donors (Lipinski definition) is 1. The van der Waals surface area contributed by atoms with Crippen LogP contribution in [0.4, 0.5) is 5.69 Å². The smallest absolute Gasteiger partial charge is 0.250 e. The summed E-state index contributed by atoms with van der Waals surface area (Å²) in [6, 6.07) is 17.8. The van der Waals surface area contributed by atoms with E-state index in [0.717, 1.165) is 16.8 Å². The summed E-state index contributed by atoms with van der Waals surface area (Å²) in [7, 11) is 0. The van der Waals surface area contributed by atoms with Crippen molar-refractivity contribution in [2.45, 2.75) is 26.4 Å². The van der Waals surface area contributed by atoms with Gasteiger partial charge in [-0.15, -0.1) is 0 Å². The quantitative estimate of drug-likeness (QED) is 0.917. The highest BCUT2D eigenvalue weighted by Gasteiger charge is 2.14. The third kappa shape index (κ3) is 4.72. The van der Waals surface area contributed by atoms with Crippen LogP contribution in [0.15, 0.2) is 54.6 Å². The maximum atomic E-state index is 12.0. The summed E-state index contributed by atoms with van der Waals surface area (Å²) in [5.41, 5.74) is 2.55. The van der Waals surface area contributed by atoms with Gasteiger partial charge in [0, 0.05) is 11.3 Å². The van der Waals surface area contributed by atoms with Gasteiger partial charge in [-0.1, -0.05) is 48.5 Å². The molecule has 0 saturated heterocycles. The Labute approximate surface area is 126 Å². The average Bonchev–Trinajstić information content (AvgIpc) is 2.46. The lowest BCUT2D eigenvalue weighted by Gasteiger charge is -2.19. The SMILES string of the molecule is CC(C)(C)OCC(=O)Nc1ccccc1-c1ccccc1. The largest absolute Gasteiger partial charge is 0.366 e. The van der Waals surface area contributed by atoms with Crippen LogP contribution in [-0.4, -0.2) is 18.1 Å². The molecule has 0 atom stereocenters. The zero-order valence-electron chi connectivity index (χ0n) is 12.7. The molecule has 0 unspecified atom stereocenters. The van der Waals surface area contributed by atoms with Crippen LogP contribution in [0.5, 0.6) is 0 Å². The van der Waals surface area contributed by atoms with Gasteiger partial charge in [-0.2, -0.15) is 0 Å². The highest BCUT2D eigenvalue weighted by Crippen LogP contribution is 2.27. The number of anilines is 1. The van der Waals surface area contributed by atoms with E-state index >= 15 is 0 Å². The van der Waals surface area contributed by atoms with Crippen molar-refractivity contribution >= 4 is 11.6 Å². The predicted molar refractivity (Wildman–Crippen MR) is 86.2 cm³/mol. The van der Waals surface area contributed by atoms with E-state index in [0.29, 0.717) is 0 Å². The first kappa shape index (κ1) is 15.3. The van der Waals surface area contributed by atoms with Crippen LogP contribution < -0.4 is 5.32 Å². The van der Waals surface area contributed by atoms with E-state index in [2.05, 4.69) is 5.32 Å². The topological polar surface area (TPSA) is 38.3 Å². The second-order valence-electron chi connectivity index (χ2n) is 5.86. The van der Waals surface area contributed by atoms with Gasteiger partial charge in [0.1, 0.15) is 6.61 Å². The molecular weight excluding hydrogens is 262 g/mol. The Kier molecular flexibility index (Phi) is 4.76. The number of benzene rings is 2. The second-order valence-corrected chi connectivity index (χ2v) is 5.86. The fraction of sp³-hybridized carbons (Fsp3) is 0.278. The molecular formula is C18H21NO2. The van der Waals surface area contributed by atoms with Crippen molar-refractivity contribution in [3.63, 3.8) is 0 Å². The second kappa shape index (κ2) is 6.55. The molecule has 1 N–H and O–H groups in total. The zero-order valence-corrected chi connectivity index (χ0v) is 12.7. The van der Waals surface area contributed by atoms with E-state index in [1.807, 2.05) is 75.4 Å². The first-order valence-corrected chi connectivity index (χ1v) is 7.04. The predicted octanol–water partition coefficient (Wildman–Crippen LogP) is 4.11. The number of hydrogen-bond acceptors (Lipinski definition) is 2. The molecule has 1 amide bonds. The molecule has 3 nitrogen and oxygen atoms in total. The fourth-order valence-electron chi connectivity index (χ4n) is 1.93. The van der Waals surface area contributed by atoms with Crippen LogP contribution in [0.3, 0.4) is 0 Å². The molecule has 3 heteroatoms. The minimum atomic E-state index is -0.323. The third-order valence-corrected chi connectivity index (χ3v) is 2.92. The average molecular weight is 283 g/mol. The Hall–Kier alpha value is -2.13. The lowest BCUT2D eigenvalue weighted by atomic mass is 10.0. The van der Waals surface area contributed by atoms with Gasteiger partial charge in [-0.25, -0.2) is 0 Å². The van der Waals surface area contributed by atoms with Crippen molar-refractivity contribution in [1.29, 1.82) is 0 Å². The first-order chi connectivity index (χ1) is 9.96. The summed E-state index contributed by atoms with van der Waals surface area (Å²) in [6.07, 6.45) is 0. The number of para-hydroxylation sites is 1. The summed E-state index contributed by atoms with van der Waals surface area (Å²) in [5, 5.41) is 2.92. The number of carbonyl (C=O) groups excluding carboxylic acids is 1. The van der Waals surface area contributed by atoms with Crippen molar-refractivity contribution in [1.82, 2.24) is 0 Å². The van der Waals surface area contributed by atoms with E-state index in [1.165, 1.54) is 0 Å². The number of rotatable bonds is 4.